The molecule has 1 aromatic carbocycles. The Morgan fingerprint density at radius 1 is 1.41 bits per heavy atom. The average molecular weight is 272 g/mol. The molecule has 17 heavy (non-hydrogen) atoms. The Morgan fingerprint density at radius 2 is 2.12 bits per heavy atom. The van der Waals surface area contributed by atoms with Gasteiger partial charge in [-0.2, -0.15) is 0 Å². The van der Waals surface area contributed by atoms with Gasteiger partial charge in [0.25, 0.3) is 0 Å². The molecule has 0 heterocycles. The monoisotopic (exact) mass is 271 g/mol. The third kappa shape index (κ3) is 4.15. The maximum atomic E-state index is 5.91. The van der Waals surface area contributed by atoms with E-state index in [0.29, 0.717) is 5.11 Å². The molecular formula is C12H18ClN3S. The summed E-state index contributed by atoms with van der Waals surface area (Å²) in [7, 11) is 0. The zero-order valence-electron chi connectivity index (χ0n) is 10.4. The number of hydrazine groups is 1. The van der Waals surface area contributed by atoms with E-state index in [-0.39, 0.29) is 0 Å². The summed E-state index contributed by atoms with van der Waals surface area (Å²) in [5.41, 5.74) is 5.25. The molecule has 0 radical (unpaired) electrons. The fraction of sp³-hybridized carbons (Fsp3) is 0.417. The van der Waals surface area contributed by atoms with Crippen LogP contribution in [0.4, 0.5) is 5.69 Å². The molecule has 0 unspecified atom stereocenters. The van der Waals surface area contributed by atoms with Crippen LogP contribution in [0.15, 0.2) is 18.2 Å². The molecule has 0 fully saturated rings. The number of hydrogen-bond donors (Lipinski definition) is 2. The standard InChI is InChI=1S/C12H18ClN3S/c1-4-14-16(5-2)12(17)15-11-7-6-10(13)8-9(11)3/h6-8,14H,4-5H2,1-3H3,(H,15,17). The predicted molar refractivity (Wildman–Crippen MR) is 78.5 cm³/mol. The summed E-state index contributed by atoms with van der Waals surface area (Å²) in [6.45, 7) is 7.74. The number of hydrogen-bond acceptors (Lipinski definition) is 2. The highest BCUT2D eigenvalue weighted by Crippen LogP contribution is 2.19. The van der Waals surface area contributed by atoms with Crippen LogP contribution in [-0.2, 0) is 0 Å². The van der Waals surface area contributed by atoms with Crippen LogP contribution >= 0.6 is 23.8 Å². The zero-order valence-corrected chi connectivity index (χ0v) is 12.0. The highest BCUT2D eigenvalue weighted by atomic mass is 35.5. The third-order valence-corrected chi connectivity index (χ3v) is 2.90. The van der Waals surface area contributed by atoms with Crippen molar-refractivity contribution in [2.75, 3.05) is 18.4 Å². The lowest BCUT2D eigenvalue weighted by atomic mass is 10.2. The van der Waals surface area contributed by atoms with Gasteiger partial charge in [-0.15, -0.1) is 0 Å². The molecule has 0 aromatic heterocycles. The molecule has 0 saturated carbocycles. The predicted octanol–water partition coefficient (Wildman–Crippen LogP) is 3.19. The van der Waals surface area contributed by atoms with E-state index in [9.17, 15) is 0 Å². The summed E-state index contributed by atoms with van der Waals surface area (Å²) < 4.78 is 0. The second kappa shape index (κ2) is 6.79. The molecule has 94 valence electrons. The fourth-order valence-corrected chi connectivity index (χ4v) is 2.00. The van der Waals surface area contributed by atoms with Crippen molar-refractivity contribution in [3.63, 3.8) is 0 Å². The highest BCUT2D eigenvalue weighted by Gasteiger charge is 2.07. The summed E-state index contributed by atoms with van der Waals surface area (Å²) in [6.07, 6.45) is 0. The fourth-order valence-electron chi connectivity index (χ4n) is 1.47. The van der Waals surface area contributed by atoms with Gasteiger partial charge in [0.15, 0.2) is 5.11 Å². The molecule has 0 aliphatic carbocycles. The maximum absolute atomic E-state index is 5.91. The number of nitrogens with one attached hydrogen (secondary N) is 2. The normalized spacial score (nSPS) is 10.1. The molecule has 5 heteroatoms. The van der Waals surface area contributed by atoms with Crippen LogP contribution in [0.1, 0.15) is 19.4 Å². The first kappa shape index (κ1) is 14.2. The van der Waals surface area contributed by atoms with Gasteiger partial charge in [-0.3, -0.25) is 5.01 Å². The molecule has 3 nitrogen and oxygen atoms in total. The summed E-state index contributed by atoms with van der Waals surface area (Å²) in [5.74, 6) is 0. The lowest BCUT2D eigenvalue weighted by Gasteiger charge is -2.24. The molecule has 0 atom stereocenters. The minimum Gasteiger partial charge on any atom is -0.331 e. The van der Waals surface area contributed by atoms with Gasteiger partial charge < -0.3 is 5.32 Å². The number of aryl methyl sites for hydroxylation is 1. The van der Waals surface area contributed by atoms with Crippen LogP contribution in [-0.4, -0.2) is 23.2 Å². The summed E-state index contributed by atoms with van der Waals surface area (Å²) >= 11 is 11.2. The van der Waals surface area contributed by atoms with Gasteiger partial charge in [0, 0.05) is 23.8 Å². The van der Waals surface area contributed by atoms with Crippen molar-refractivity contribution in [3.05, 3.63) is 28.8 Å². The summed E-state index contributed by atoms with van der Waals surface area (Å²) in [6, 6.07) is 5.70. The van der Waals surface area contributed by atoms with Crippen molar-refractivity contribution in [1.29, 1.82) is 0 Å². The second-order valence-electron chi connectivity index (χ2n) is 3.65. The molecule has 1 rings (SSSR count). The minimum atomic E-state index is 0.666. The van der Waals surface area contributed by atoms with Crippen molar-refractivity contribution in [1.82, 2.24) is 10.4 Å². The van der Waals surface area contributed by atoms with Crippen LogP contribution in [0.5, 0.6) is 0 Å². The van der Waals surface area contributed by atoms with Crippen molar-refractivity contribution in [2.24, 2.45) is 0 Å². The zero-order chi connectivity index (χ0) is 12.8. The van der Waals surface area contributed by atoms with Crippen LogP contribution in [0.3, 0.4) is 0 Å². The smallest absolute Gasteiger partial charge is 0.187 e. The second-order valence-corrected chi connectivity index (χ2v) is 4.47. The number of rotatable bonds is 4. The van der Waals surface area contributed by atoms with E-state index in [2.05, 4.69) is 10.7 Å². The Kier molecular flexibility index (Phi) is 5.68. The minimum absolute atomic E-state index is 0.666. The maximum Gasteiger partial charge on any atom is 0.187 e. The Morgan fingerprint density at radius 3 is 2.65 bits per heavy atom. The lowest BCUT2D eigenvalue weighted by molar-refractivity contribution is 0.336. The van der Waals surface area contributed by atoms with Gasteiger partial charge in [0.05, 0.1) is 0 Å². The Bertz CT molecular complexity index is 395. The highest BCUT2D eigenvalue weighted by molar-refractivity contribution is 7.80. The van der Waals surface area contributed by atoms with Crippen molar-refractivity contribution < 1.29 is 0 Å². The van der Waals surface area contributed by atoms with Crippen LogP contribution in [0.2, 0.25) is 5.02 Å². The molecule has 0 aliphatic rings. The van der Waals surface area contributed by atoms with Crippen LogP contribution in [0.25, 0.3) is 0 Å². The Hall–Kier alpha value is -0.840. The molecule has 2 N–H and O–H groups in total. The first-order valence-corrected chi connectivity index (χ1v) is 6.45. The largest absolute Gasteiger partial charge is 0.331 e. The van der Waals surface area contributed by atoms with Gasteiger partial charge in [-0.25, -0.2) is 5.43 Å². The number of benzene rings is 1. The third-order valence-electron chi connectivity index (χ3n) is 2.34. The number of anilines is 1. The van der Waals surface area contributed by atoms with Crippen molar-refractivity contribution in [2.45, 2.75) is 20.8 Å². The van der Waals surface area contributed by atoms with Gasteiger partial charge in [-0.05, 0) is 49.8 Å². The molecule has 0 amide bonds. The van der Waals surface area contributed by atoms with Gasteiger partial charge in [0.1, 0.15) is 0 Å². The first-order valence-electron chi connectivity index (χ1n) is 5.66. The molecule has 1 aromatic rings. The van der Waals surface area contributed by atoms with E-state index in [4.69, 9.17) is 23.8 Å². The van der Waals surface area contributed by atoms with E-state index in [1.54, 1.807) is 0 Å². The summed E-state index contributed by atoms with van der Waals surface area (Å²) in [5, 5.41) is 6.52. The molecule has 0 saturated heterocycles. The SMILES string of the molecule is CCNN(CC)C(=S)Nc1ccc(Cl)cc1C. The quantitative estimate of drug-likeness (QED) is 0.650. The van der Waals surface area contributed by atoms with E-state index < -0.39 is 0 Å². The van der Waals surface area contributed by atoms with Gasteiger partial charge >= 0.3 is 0 Å². The van der Waals surface area contributed by atoms with Gasteiger partial charge in [-0.1, -0.05) is 18.5 Å². The number of nitrogens with zero attached hydrogens (tertiary/aromatic N) is 1. The Labute approximate surface area is 113 Å². The number of thiocarbonyl (C=S) groups is 1. The van der Waals surface area contributed by atoms with Gasteiger partial charge in [0.2, 0.25) is 0 Å². The summed E-state index contributed by atoms with van der Waals surface area (Å²) in [4.78, 5) is 0. The first-order chi connectivity index (χ1) is 8.08. The molecular weight excluding hydrogens is 254 g/mol. The lowest BCUT2D eigenvalue weighted by Crippen LogP contribution is -2.44. The Balaban J connectivity index is 2.73. The molecule has 0 bridgehead atoms. The van der Waals surface area contributed by atoms with E-state index in [1.807, 2.05) is 44.0 Å². The van der Waals surface area contributed by atoms with Crippen molar-refractivity contribution in [3.8, 4) is 0 Å². The molecule has 0 spiro atoms. The van der Waals surface area contributed by atoms with Crippen molar-refractivity contribution >= 4 is 34.6 Å². The van der Waals surface area contributed by atoms with Crippen LogP contribution < -0.4 is 10.7 Å². The van der Waals surface area contributed by atoms with E-state index >= 15 is 0 Å². The van der Waals surface area contributed by atoms with E-state index in [1.165, 1.54) is 0 Å². The van der Waals surface area contributed by atoms with E-state index in [0.717, 1.165) is 29.4 Å². The number of halogens is 1. The average Bonchev–Trinajstić information content (AvgIpc) is 2.29. The van der Waals surface area contributed by atoms with Crippen LogP contribution in [0, 0.1) is 6.92 Å². The topological polar surface area (TPSA) is 27.3 Å². The molecule has 0 aliphatic heterocycles.